The van der Waals surface area contributed by atoms with Crippen LogP contribution in [0, 0.1) is 10.1 Å². The number of benzene rings is 2. The zero-order valence-electron chi connectivity index (χ0n) is 9.61. The van der Waals surface area contributed by atoms with Gasteiger partial charge in [-0.05, 0) is 23.8 Å². The van der Waals surface area contributed by atoms with Gasteiger partial charge in [0.25, 0.3) is 5.69 Å². The topological polar surface area (TPSA) is 101 Å². The van der Waals surface area contributed by atoms with Crippen LogP contribution in [0.3, 0.4) is 0 Å². The van der Waals surface area contributed by atoms with Crippen LogP contribution in [0.1, 0.15) is 10.4 Å². The van der Waals surface area contributed by atoms with Crippen LogP contribution in [0.25, 0.3) is 11.1 Å². The van der Waals surface area contributed by atoms with Gasteiger partial charge in [0.1, 0.15) is 5.75 Å². The summed E-state index contributed by atoms with van der Waals surface area (Å²) in [6, 6.07) is 9.42. The van der Waals surface area contributed by atoms with Crippen LogP contribution in [0.15, 0.2) is 42.5 Å². The average Bonchev–Trinajstić information content (AvgIpc) is 2.39. The Balaban J connectivity index is 2.57. The number of non-ortho nitro benzene ring substituents is 1. The third-order valence-corrected chi connectivity index (χ3v) is 2.61. The monoisotopic (exact) mass is 259 g/mol. The molecule has 0 spiro atoms. The molecule has 0 heterocycles. The maximum absolute atomic E-state index is 10.9. The van der Waals surface area contributed by atoms with E-state index in [-0.39, 0.29) is 22.6 Å². The van der Waals surface area contributed by atoms with Gasteiger partial charge in [-0.1, -0.05) is 12.1 Å². The van der Waals surface area contributed by atoms with Gasteiger partial charge in [-0.2, -0.15) is 0 Å². The highest BCUT2D eigenvalue weighted by molar-refractivity contribution is 5.90. The number of carboxylic acid groups (broad SMARTS) is 1. The first-order chi connectivity index (χ1) is 8.99. The number of nitrogens with zero attached hydrogens (tertiary/aromatic N) is 1. The predicted octanol–water partition coefficient (Wildman–Crippen LogP) is 2.67. The van der Waals surface area contributed by atoms with Crippen molar-refractivity contribution in [1.82, 2.24) is 0 Å². The van der Waals surface area contributed by atoms with Crippen molar-refractivity contribution in [1.29, 1.82) is 0 Å². The Morgan fingerprint density at radius 1 is 1.16 bits per heavy atom. The largest absolute Gasteiger partial charge is 0.507 e. The van der Waals surface area contributed by atoms with Crippen molar-refractivity contribution >= 4 is 11.7 Å². The molecular weight excluding hydrogens is 250 g/mol. The van der Waals surface area contributed by atoms with Crippen LogP contribution in [0.2, 0.25) is 0 Å². The minimum Gasteiger partial charge on any atom is -0.507 e. The van der Waals surface area contributed by atoms with E-state index >= 15 is 0 Å². The Labute approximate surface area is 107 Å². The van der Waals surface area contributed by atoms with Gasteiger partial charge in [-0.25, -0.2) is 4.79 Å². The number of hydrogen-bond acceptors (Lipinski definition) is 4. The van der Waals surface area contributed by atoms with Crippen molar-refractivity contribution in [3.63, 3.8) is 0 Å². The highest BCUT2D eigenvalue weighted by Crippen LogP contribution is 2.31. The second kappa shape index (κ2) is 4.77. The lowest BCUT2D eigenvalue weighted by Crippen LogP contribution is -1.96. The Bertz CT molecular complexity index is 666. The van der Waals surface area contributed by atoms with Gasteiger partial charge in [0.15, 0.2) is 0 Å². The SMILES string of the molecule is O=C(O)c1ccc(O)c(-c2cccc([N+](=O)[O-])c2)c1. The van der Waals surface area contributed by atoms with Crippen molar-refractivity contribution in [2.24, 2.45) is 0 Å². The lowest BCUT2D eigenvalue weighted by Gasteiger charge is -2.06. The molecule has 0 atom stereocenters. The molecule has 0 bridgehead atoms. The first kappa shape index (κ1) is 12.6. The fourth-order valence-corrected chi connectivity index (χ4v) is 1.69. The fraction of sp³-hybridized carbons (Fsp3) is 0. The molecule has 2 aromatic carbocycles. The number of nitro groups is 1. The van der Waals surface area contributed by atoms with Gasteiger partial charge in [0.05, 0.1) is 10.5 Å². The van der Waals surface area contributed by atoms with E-state index in [4.69, 9.17) is 5.11 Å². The maximum atomic E-state index is 10.9. The summed E-state index contributed by atoms with van der Waals surface area (Å²) < 4.78 is 0. The number of carboxylic acids is 1. The minimum absolute atomic E-state index is 0.000642. The number of aromatic carboxylic acids is 1. The van der Waals surface area contributed by atoms with Crippen LogP contribution < -0.4 is 0 Å². The van der Waals surface area contributed by atoms with Gasteiger partial charge in [-0.15, -0.1) is 0 Å². The number of nitro benzene ring substituents is 1. The molecule has 19 heavy (non-hydrogen) atoms. The standard InChI is InChI=1S/C13H9NO5/c15-12-5-4-9(13(16)17)7-11(12)8-2-1-3-10(6-8)14(18)19/h1-7,15H,(H,16,17). The van der Waals surface area contributed by atoms with E-state index in [1.54, 1.807) is 6.07 Å². The van der Waals surface area contributed by atoms with E-state index in [2.05, 4.69) is 0 Å². The van der Waals surface area contributed by atoms with E-state index < -0.39 is 10.9 Å². The van der Waals surface area contributed by atoms with Crippen LogP contribution >= 0.6 is 0 Å². The first-order valence-corrected chi connectivity index (χ1v) is 5.30. The van der Waals surface area contributed by atoms with Gasteiger partial charge in [0, 0.05) is 17.7 Å². The van der Waals surface area contributed by atoms with Crippen molar-refractivity contribution in [2.75, 3.05) is 0 Å². The van der Waals surface area contributed by atoms with Gasteiger partial charge >= 0.3 is 5.97 Å². The van der Waals surface area contributed by atoms with Crippen LogP contribution in [0.4, 0.5) is 5.69 Å². The molecular formula is C13H9NO5. The molecule has 2 rings (SSSR count). The molecule has 0 saturated carbocycles. The van der Waals surface area contributed by atoms with Gasteiger partial charge in [-0.3, -0.25) is 10.1 Å². The van der Waals surface area contributed by atoms with Gasteiger partial charge in [0.2, 0.25) is 0 Å². The summed E-state index contributed by atoms with van der Waals surface area (Å²) in [5, 5.41) is 29.3. The number of carbonyl (C=O) groups is 1. The molecule has 6 nitrogen and oxygen atoms in total. The molecule has 0 fully saturated rings. The molecule has 96 valence electrons. The summed E-state index contributed by atoms with van der Waals surface area (Å²) in [6.07, 6.45) is 0. The Morgan fingerprint density at radius 3 is 2.53 bits per heavy atom. The van der Waals surface area contributed by atoms with Crippen molar-refractivity contribution in [3.8, 4) is 16.9 Å². The number of hydrogen-bond donors (Lipinski definition) is 2. The van der Waals surface area contributed by atoms with Gasteiger partial charge < -0.3 is 10.2 Å². The lowest BCUT2D eigenvalue weighted by atomic mass is 10.0. The Hall–Kier alpha value is -2.89. The van der Waals surface area contributed by atoms with Crippen molar-refractivity contribution < 1.29 is 19.9 Å². The average molecular weight is 259 g/mol. The molecule has 0 aliphatic heterocycles. The second-order valence-electron chi connectivity index (χ2n) is 3.84. The summed E-state index contributed by atoms with van der Waals surface area (Å²) in [4.78, 5) is 21.0. The zero-order chi connectivity index (χ0) is 14.0. The van der Waals surface area contributed by atoms with Crippen molar-refractivity contribution in [3.05, 3.63) is 58.1 Å². The number of aromatic hydroxyl groups is 1. The Morgan fingerprint density at radius 2 is 1.89 bits per heavy atom. The first-order valence-electron chi connectivity index (χ1n) is 5.30. The lowest BCUT2D eigenvalue weighted by molar-refractivity contribution is -0.384. The molecule has 6 heteroatoms. The van der Waals surface area contributed by atoms with E-state index in [0.29, 0.717) is 5.56 Å². The van der Waals surface area contributed by atoms with E-state index in [1.807, 2.05) is 0 Å². The van der Waals surface area contributed by atoms with E-state index in [0.717, 1.165) is 0 Å². The number of rotatable bonds is 3. The molecule has 2 N–H and O–H groups in total. The highest BCUT2D eigenvalue weighted by atomic mass is 16.6. The van der Waals surface area contributed by atoms with Crippen LogP contribution in [0.5, 0.6) is 5.75 Å². The minimum atomic E-state index is -1.13. The third kappa shape index (κ3) is 2.52. The summed E-state index contributed by atoms with van der Waals surface area (Å²) in [5.74, 6) is -1.27. The summed E-state index contributed by atoms with van der Waals surface area (Å²) in [5.41, 5.74) is 0.496. The normalized spacial score (nSPS) is 10.1. The number of phenols is 1. The predicted molar refractivity (Wildman–Crippen MR) is 67.2 cm³/mol. The molecule has 2 aromatic rings. The zero-order valence-corrected chi connectivity index (χ0v) is 9.61. The van der Waals surface area contributed by atoms with E-state index in [9.17, 15) is 20.0 Å². The molecule has 0 aliphatic carbocycles. The molecule has 0 aliphatic rings. The van der Waals surface area contributed by atoms with Crippen LogP contribution in [-0.2, 0) is 0 Å². The Kier molecular flexibility index (Phi) is 3.15. The third-order valence-electron chi connectivity index (χ3n) is 2.61. The fourth-order valence-electron chi connectivity index (χ4n) is 1.69. The molecule has 0 saturated heterocycles. The highest BCUT2D eigenvalue weighted by Gasteiger charge is 2.12. The molecule has 0 unspecified atom stereocenters. The summed E-state index contributed by atoms with van der Waals surface area (Å²) >= 11 is 0. The molecule has 0 radical (unpaired) electrons. The summed E-state index contributed by atoms with van der Waals surface area (Å²) in [6.45, 7) is 0. The number of phenolic OH excluding ortho intramolecular Hbond substituents is 1. The molecule has 0 amide bonds. The maximum Gasteiger partial charge on any atom is 0.335 e. The van der Waals surface area contributed by atoms with Crippen LogP contribution in [-0.4, -0.2) is 21.1 Å². The van der Waals surface area contributed by atoms with E-state index in [1.165, 1.54) is 36.4 Å². The smallest absolute Gasteiger partial charge is 0.335 e. The summed E-state index contributed by atoms with van der Waals surface area (Å²) in [7, 11) is 0. The second-order valence-corrected chi connectivity index (χ2v) is 3.84. The molecule has 0 aromatic heterocycles. The quantitative estimate of drug-likeness (QED) is 0.651. The van der Waals surface area contributed by atoms with Crippen molar-refractivity contribution in [2.45, 2.75) is 0 Å².